The molecule has 1 rings (SSSR count). The van der Waals surface area contributed by atoms with Crippen molar-refractivity contribution in [3.63, 3.8) is 0 Å². The molecule has 4 heteroatoms. The first-order valence-electron chi connectivity index (χ1n) is 4.75. The fourth-order valence-corrected chi connectivity index (χ4v) is 1.19. The Kier molecular flexibility index (Phi) is 4.12. The lowest BCUT2D eigenvalue weighted by atomic mass is 10.1. The number of hydrogen-bond donors (Lipinski definition) is 2. The number of urea groups is 1. The van der Waals surface area contributed by atoms with Gasteiger partial charge in [0.25, 0.3) is 0 Å². The highest BCUT2D eigenvalue weighted by molar-refractivity contribution is 5.90. The van der Waals surface area contributed by atoms with Crippen LogP contribution in [0.1, 0.15) is 11.1 Å². The van der Waals surface area contributed by atoms with Crippen molar-refractivity contribution >= 4 is 11.7 Å². The third-order valence-electron chi connectivity index (χ3n) is 2.23. The van der Waals surface area contributed by atoms with Gasteiger partial charge in [-0.1, -0.05) is 12.1 Å². The molecule has 0 unspecified atom stereocenters. The minimum Gasteiger partial charge on any atom is -0.364 e. The number of benzene rings is 1. The second-order valence-electron chi connectivity index (χ2n) is 3.31. The highest BCUT2D eigenvalue weighted by atomic mass is 16.5. The number of ether oxygens (including phenoxy) is 1. The quantitative estimate of drug-likeness (QED) is 0.747. The second kappa shape index (κ2) is 5.36. The number of hydrogen-bond acceptors (Lipinski definition) is 2. The number of amides is 2. The van der Waals surface area contributed by atoms with E-state index in [1.807, 2.05) is 32.0 Å². The molecule has 82 valence electrons. The van der Waals surface area contributed by atoms with Crippen LogP contribution < -0.4 is 10.6 Å². The summed E-state index contributed by atoms with van der Waals surface area (Å²) in [6, 6.07) is 5.53. The summed E-state index contributed by atoms with van der Waals surface area (Å²) in [4.78, 5) is 11.3. The van der Waals surface area contributed by atoms with E-state index in [-0.39, 0.29) is 12.8 Å². The first-order valence-corrected chi connectivity index (χ1v) is 4.75. The zero-order valence-corrected chi connectivity index (χ0v) is 9.26. The Morgan fingerprint density at radius 1 is 1.40 bits per heavy atom. The van der Waals surface area contributed by atoms with E-state index in [9.17, 15) is 4.79 Å². The molecule has 2 N–H and O–H groups in total. The van der Waals surface area contributed by atoms with Gasteiger partial charge in [0.2, 0.25) is 0 Å². The van der Waals surface area contributed by atoms with Crippen molar-refractivity contribution in [2.75, 3.05) is 19.2 Å². The molecule has 15 heavy (non-hydrogen) atoms. The number of rotatable bonds is 3. The molecule has 1 aromatic carbocycles. The van der Waals surface area contributed by atoms with Crippen LogP contribution in [0.2, 0.25) is 0 Å². The molecule has 0 bridgehead atoms. The minimum absolute atomic E-state index is 0.205. The summed E-state index contributed by atoms with van der Waals surface area (Å²) in [5.41, 5.74) is 3.05. The Hall–Kier alpha value is -1.55. The maximum Gasteiger partial charge on any atom is 0.321 e. The van der Waals surface area contributed by atoms with Gasteiger partial charge in [-0.2, -0.15) is 0 Å². The van der Waals surface area contributed by atoms with Crippen LogP contribution in [0, 0.1) is 13.8 Å². The van der Waals surface area contributed by atoms with Crippen LogP contribution in [0.5, 0.6) is 0 Å². The first-order chi connectivity index (χ1) is 7.15. The lowest BCUT2D eigenvalue weighted by Crippen LogP contribution is -2.30. The molecule has 0 radical (unpaired) electrons. The van der Waals surface area contributed by atoms with Crippen molar-refractivity contribution in [1.29, 1.82) is 0 Å². The van der Waals surface area contributed by atoms with Crippen LogP contribution in [-0.2, 0) is 4.74 Å². The molecule has 0 heterocycles. The van der Waals surface area contributed by atoms with Crippen LogP contribution in [0.15, 0.2) is 18.2 Å². The molecule has 0 fully saturated rings. The zero-order chi connectivity index (χ0) is 11.3. The maximum atomic E-state index is 11.3. The van der Waals surface area contributed by atoms with Gasteiger partial charge >= 0.3 is 6.03 Å². The summed E-state index contributed by atoms with van der Waals surface area (Å²) in [5.74, 6) is 0. The van der Waals surface area contributed by atoms with Gasteiger partial charge in [-0.05, 0) is 31.0 Å². The molecule has 0 atom stereocenters. The van der Waals surface area contributed by atoms with Crippen molar-refractivity contribution in [2.45, 2.75) is 13.8 Å². The highest BCUT2D eigenvalue weighted by Crippen LogP contribution is 2.17. The van der Waals surface area contributed by atoms with Crippen molar-refractivity contribution in [2.24, 2.45) is 0 Å². The van der Waals surface area contributed by atoms with E-state index in [0.717, 1.165) is 16.8 Å². The van der Waals surface area contributed by atoms with E-state index >= 15 is 0 Å². The third kappa shape index (κ3) is 3.25. The lowest BCUT2D eigenvalue weighted by molar-refractivity contribution is 0.177. The van der Waals surface area contributed by atoms with Crippen LogP contribution in [-0.4, -0.2) is 19.9 Å². The van der Waals surface area contributed by atoms with E-state index in [1.165, 1.54) is 7.11 Å². The summed E-state index contributed by atoms with van der Waals surface area (Å²) in [6.07, 6.45) is 0. The average Bonchev–Trinajstić information content (AvgIpc) is 2.22. The predicted octanol–water partition coefficient (Wildman–Crippen LogP) is 2.03. The van der Waals surface area contributed by atoms with E-state index in [2.05, 4.69) is 10.6 Å². The van der Waals surface area contributed by atoms with Gasteiger partial charge in [-0.3, -0.25) is 0 Å². The highest BCUT2D eigenvalue weighted by Gasteiger charge is 2.04. The zero-order valence-electron chi connectivity index (χ0n) is 9.26. The van der Waals surface area contributed by atoms with Gasteiger partial charge in [0.05, 0.1) is 0 Å². The summed E-state index contributed by atoms with van der Waals surface area (Å²) >= 11 is 0. The van der Waals surface area contributed by atoms with Crippen molar-refractivity contribution in [3.05, 3.63) is 29.3 Å². The molecule has 2 amide bonds. The fraction of sp³-hybridized carbons (Fsp3) is 0.364. The van der Waals surface area contributed by atoms with Crippen molar-refractivity contribution in [3.8, 4) is 0 Å². The van der Waals surface area contributed by atoms with Gasteiger partial charge < -0.3 is 15.4 Å². The molecule has 4 nitrogen and oxygen atoms in total. The maximum absolute atomic E-state index is 11.3. The Morgan fingerprint density at radius 2 is 2.13 bits per heavy atom. The molecular formula is C11H16N2O2. The minimum atomic E-state index is -0.259. The molecule has 0 aliphatic heterocycles. The van der Waals surface area contributed by atoms with Crippen molar-refractivity contribution < 1.29 is 9.53 Å². The Balaban J connectivity index is 2.64. The van der Waals surface area contributed by atoms with Crippen LogP contribution >= 0.6 is 0 Å². The topological polar surface area (TPSA) is 50.4 Å². The summed E-state index contributed by atoms with van der Waals surface area (Å²) in [7, 11) is 1.53. The van der Waals surface area contributed by atoms with Crippen LogP contribution in [0.4, 0.5) is 10.5 Å². The van der Waals surface area contributed by atoms with Gasteiger partial charge in [-0.15, -0.1) is 0 Å². The number of nitrogens with one attached hydrogen (secondary N) is 2. The van der Waals surface area contributed by atoms with E-state index in [4.69, 9.17) is 4.74 Å². The summed E-state index contributed by atoms with van der Waals surface area (Å²) in [6.45, 7) is 4.19. The standard InChI is InChI=1S/C11H16N2O2/c1-8-5-4-6-10(9(8)2)13-11(14)12-7-15-3/h4-6H,7H2,1-3H3,(H2,12,13,14). The lowest BCUT2D eigenvalue weighted by Gasteiger charge is -2.10. The average molecular weight is 208 g/mol. The van der Waals surface area contributed by atoms with Gasteiger partial charge in [0.1, 0.15) is 6.73 Å². The Morgan fingerprint density at radius 3 is 2.80 bits per heavy atom. The fourth-order valence-electron chi connectivity index (χ4n) is 1.19. The second-order valence-corrected chi connectivity index (χ2v) is 3.31. The molecule has 0 saturated carbocycles. The molecule has 0 aromatic heterocycles. The number of carbonyl (C=O) groups is 1. The Labute approximate surface area is 89.6 Å². The van der Waals surface area contributed by atoms with E-state index in [0.29, 0.717) is 0 Å². The number of methoxy groups -OCH3 is 1. The van der Waals surface area contributed by atoms with Gasteiger partial charge in [-0.25, -0.2) is 4.79 Å². The largest absolute Gasteiger partial charge is 0.364 e. The van der Waals surface area contributed by atoms with Gasteiger partial charge in [0, 0.05) is 12.8 Å². The summed E-state index contributed by atoms with van der Waals surface area (Å²) < 4.78 is 4.73. The molecule has 0 aliphatic rings. The van der Waals surface area contributed by atoms with Crippen molar-refractivity contribution in [1.82, 2.24) is 5.32 Å². The predicted molar refractivity (Wildman–Crippen MR) is 59.9 cm³/mol. The van der Waals surface area contributed by atoms with Gasteiger partial charge in [0.15, 0.2) is 0 Å². The molecular weight excluding hydrogens is 192 g/mol. The molecule has 1 aromatic rings. The number of anilines is 1. The number of aryl methyl sites for hydroxylation is 1. The monoisotopic (exact) mass is 208 g/mol. The van der Waals surface area contributed by atoms with E-state index in [1.54, 1.807) is 0 Å². The molecule has 0 saturated heterocycles. The van der Waals surface area contributed by atoms with Crippen LogP contribution in [0.25, 0.3) is 0 Å². The number of carbonyl (C=O) groups excluding carboxylic acids is 1. The first kappa shape index (κ1) is 11.5. The smallest absolute Gasteiger partial charge is 0.321 e. The SMILES string of the molecule is COCNC(=O)Nc1cccc(C)c1C. The molecule has 0 spiro atoms. The molecule has 0 aliphatic carbocycles. The summed E-state index contributed by atoms with van der Waals surface area (Å²) in [5, 5.41) is 5.31. The van der Waals surface area contributed by atoms with E-state index < -0.39 is 0 Å². The normalized spacial score (nSPS) is 9.80. The van der Waals surface area contributed by atoms with Crippen LogP contribution in [0.3, 0.4) is 0 Å². The Bertz CT molecular complexity index is 350. The third-order valence-corrected chi connectivity index (χ3v) is 2.23.